The number of sulfonamides is 1. The Hall–Kier alpha value is -5.54. The highest BCUT2D eigenvalue weighted by Crippen LogP contribution is 2.40. The van der Waals surface area contributed by atoms with Gasteiger partial charge in [0.25, 0.3) is 21.6 Å². The molecule has 4 aliphatic rings. The Morgan fingerprint density at radius 3 is 2.38 bits per heavy atom. The first-order valence-electron chi connectivity index (χ1n) is 22.1. The average Bonchev–Trinajstić information content (AvgIpc) is 3.84. The molecule has 2 N–H and O–H groups in total. The molecule has 12 nitrogen and oxygen atoms in total. The number of hydrogen-bond acceptors (Lipinski definition) is 11. The zero-order valence-corrected chi connectivity index (χ0v) is 36.9. The number of para-hydroxylation sites is 1. The van der Waals surface area contributed by atoms with E-state index < -0.39 is 31.4 Å². The van der Waals surface area contributed by atoms with Gasteiger partial charge < -0.3 is 19.7 Å². The topological polar surface area (TPSA) is 143 Å². The van der Waals surface area contributed by atoms with Crippen molar-refractivity contribution >= 4 is 50.4 Å². The van der Waals surface area contributed by atoms with E-state index in [1.54, 1.807) is 30.3 Å². The molecule has 4 saturated heterocycles. The molecule has 2 bridgehead atoms. The summed E-state index contributed by atoms with van der Waals surface area (Å²) < 4.78 is 41.0. The van der Waals surface area contributed by atoms with Crippen LogP contribution < -0.4 is 19.7 Å². The summed E-state index contributed by atoms with van der Waals surface area (Å²) in [6.45, 7) is 4.31. The number of carbonyl (C=O) groups excluding carboxylic acids is 1. The Labute approximate surface area is 373 Å². The monoisotopic (exact) mass is 887 g/mol. The Morgan fingerprint density at radius 2 is 1.62 bits per heavy atom. The molecule has 5 heterocycles. The normalized spacial score (nSPS) is 19.4. The molecule has 4 aromatic carbocycles. The molecule has 4 fully saturated rings. The number of thiophene rings is 1. The van der Waals surface area contributed by atoms with Crippen molar-refractivity contribution in [3.63, 3.8) is 0 Å². The fourth-order valence-electron chi connectivity index (χ4n) is 9.55. The minimum Gasteiger partial charge on any atom is -0.456 e. The van der Waals surface area contributed by atoms with Crippen molar-refractivity contribution < 1.29 is 27.6 Å². The molecule has 14 heteroatoms. The third kappa shape index (κ3) is 9.99. The maximum atomic E-state index is 13.8. The van der Waals surface area contributed by atoms with Gasteiger partial charge in [0.15, 0.2) is 0 Å². The van der Waals surface area contributed by atoms with Gasteiger partial charge in [-0.05, 0) is 117 Å². The zero-order chi connectivity index (χ0) is 43.3. The first-order chi connectivity index (χ1) is 30.7. The standard InChI is InChI=1S/C49H53N5O7S2/c55-49(51-63(58,59)42-17-19-45(46(31-42)54(56)57)50-32-35-23-27-60-28-24-35)44-18-15-39(30-47(44)61-40-10-2-1-3-11-40)52-25-21-34(22-26-52)29-36-7-4-5-12-43(36)48-20-16-41(62-48)33-53-37-8-6-9-38(53)14-13-37/h1-5,7,10-12,15-20,29-31,35,37-38,50H,6,8-9,13-14,21-28,32-33H2,(H,51,55). The smallest absolute Gasteiger partial charge is 0.293 e. The van der Waals surface area contributed by atoms with Gasteiger partial charge in [0.1, 0.15) is 17.2 Å². The molecule has 1 amide bonds. The summed E-state index contributed by atoms with van der Waals surface area (Å²) >= 11 is 1.92. The van der Waals surface area contributed by atoms with Gasteiger partial charge in [0, 0.05) is 79.1 Å². The van der Waals surface area contributed by atoms with Crippen LogP contribution in [0.5, 0.6) is 11.5 Å². The molecular weight excluding hydrogens is 835 g/mol. The molecule has 328 valence electrons. The van der Waals surface area contributed by atoms with E-state index in [4.69, 9.17) is 9.47 Å². The predicted octanol–water partition coefficient (Wildman–Crippen LogP) is 10.3. The van der Waals surface area contributed by atoms with Crippen molar-refractivity contribution in [2.24, 2.45) is 5.92 Å². The van der Waals surface area contributed by atoms with Crippen molar-refractivity contribution in [2.75, 3.05) is 43.1 Å². The number of amides is 1. The van der Waals surface area contributed by atoms with Gasteiger partial charge in [-0.2, -0.15) is 0 Å². The van der Waals surface area contributed by atoms with E-state index in [-0.39, 0.29) is 22.9 Å². The molecule has 4 aliphatic heterocycles. The molecule has 0 saturated carbocycles. The lowest BCUT2D eigenvalue weighted by Gasteiger charge is -2.34. The van der Waals surface area contributed by atoms with E-state index in [0.717, 1.165) is 69.2 Å². The number of nitro benzene ring substituents is 1. The van der Waals surface area contributed by atoms with Crippen LogP contribution in [-0.4, -0.2) is 69.1 Å². The highest BCUT2D eigenvalue weighted by Gasteiger charge is 2.36. The maximum Gasteiger partial charge on any atom is 0.293 e. The third-order valence-corrected chi connectivity index (χ3v) is 15.4. The third-order valence-electron chi connectivity index (χ3n) is 13.0. The summed E-state index contributed by atoms with van der Waals surface area (Å²) in [7, 11) is -4.52. The summed E-state index contributed by atoms with van der Waals surface area (Å²) in [5, 5.41) is 15.2. The van der Waals surface area contributed by atoms with Crippen molar-refractivity contribution in [2.45, 2.75) is 81.3 Å². The number of nitro groups is 1. The number of ether oxygens (including phenoxy) is 2. The van der Waals surface area contributed by atoms with Crippen molar-refractivity contribution in [3.8, 4) is 21.9 Å². The van der Waals surface area contributed by atoms with Gasteiger partial charge in [-0.25, -0.2) is 13.1 Å². The molecule has 0 radical (unpaired) electrons. The van der Waals surface area contributed by atoms with Crippen LogP contribution >= 0.6 is 11.3 Å². The summed E-state index contributed by atoms with van der Waals surface area (Å²) in [6.07, 6.45) is 12.5. The minimum absolute atomic E-state index is 0.00430. The first-order valence-corrected chi connectivity index (χ1v) is 24.4. The highest BCUT2D eigenvalue weighted by atomic mass is 32.2. The molecule has 9 rings (SSSR count). The number of fused-ring (bicyclic) bond motifs is 2. The SMILES string of the molecule is O=C(NS(=O)(=O)c1ccc(NCC2CCOCC2)c([N+](=O)[O-])c1)c1ccc(N2CCC(=Cc3ccccc3-c3ccc(CN4C5CCCC4CC5)s3)CC2)cc1Oc1ccccc1. The fourth-order valence-corrected chi connectivity index (χ4v) is 11.6. The summed E-state index contributed by atoms with van der Waals surface area (Å²) in [5.74, 6) is 0.0244. The van der Waals surface area contributed by atoms with E-state index >= 15 is 0 Å². The van der Waals surface area contributed by atoms with E-state index in [0.29, 0.717) is 25.5 Å². The zero-order valence-electron chi connectivity index (χ0n) is 35.2. The van der Waals surface area contributed by atoms with E-state index in [1.807, 2.05) is 29.5 Å². The van der Waals surface area contributed by atoms with Crippen LogP contribution in [0.2, 0.25) is 0 Å². The van der Waals surface area contributed by atoms with E-state index in [9.17, 15) is 23.3 Å². The average molecular weight is 888 g/mol. The summed E-state index contributed by atoms with van der Waals surface area (Å²) in [6, 6.07) is 32.5. The number of benzene rings is 4. The number of hydrogen-bond donors (Lipinski definition) is 2. The number of nitrogens with one attached hydrogen (secondary N) is 2. The van der Waals surface area contributed by atoms with Crippen LogP contribution in [0.1, 0.15) is 78.6 Å². The largest absolute Gasteiger partial charge is 0.456 e. The second-order valence-electron chi connectivity index (χ2n) is 17.0. The van der Waals surface area contributed by atoms with E-state index in [2.05, 4.69) is 62.3 Å². The lowest BCUT2D eigenvalue weighted by atomic mass is 9.97. The van der Waals surface area contributed by atoms with Crippen molar-refractivity contribution in [1.29, 1.82) is 0 Å². The number of anilines is 2. The van der Waals surface area contributed by atoms with Crippen molar-refractivity contribution in [3.05, 3.63) is 135 Å². The lowest BCUT2D eigenvalue weighted by molar-refractivity contribution is -0.384. The van der Waals surface area contributed by atoms with Gasteiger partial charge in [-0.3, -0.25) is 19.8 Å². The molecular formula is C49H53N5O7S2. The van der Waals surface area contributed by atoms with Crippen LogP contribution in [0, 0.1) is 16.0 Å². The maximum absolute atomic E-state index is 13.8. The minimum atomic E-state index is -4.52. The first kappa shape index (κ1) is 42.7. The molecule has 63 heavy (non-hydrogen) atoms. The van der Waals surface area contributed by atoms with Gasteiger partial charge >= 0.3 is 0 Å². The van der Waals surface area contributed by atoms with Gasteiger partial charge in [-0.1, -0.05) is 60.5 Å². The predicted molar refractivity (Wildman–Crippen MR) is 248 cm³/mol. The summed E-state index contributed by atoms with van der Waals surface area (Å²) in [4.78, 5) is 32.6. The molecule has 0 aliphatic carbocycles. The molecule has 0 spiro atoms. The van der Waals surface area contributed by atoms with E-state index in [1.165, 1.54) is 70.7 Å². The second kappa shape index (κ2) is 19.1. The fraction of sp³-hybridized carbons (Fsp3) is 0.367. The molecule has 2 unspecified atom stereocenters. The van der Waals surface area contributed by atoms with Crippen LogP contribution in [0.15, 0.2) is 114 Å². The van der Waals surface area contributed by atoms with Crippen LogP contribution in [0.3, 0.4) is 0 Å². The summed E-state index contributed by atoms with van der Waals surface area (Å²) in [5.41, 5.74) is 4.51. The van der Waals surface area contributed by atoms with Gasteiger partial charge in [-0.15, -0.1) is 11.3 Å². The number of carbonyl (C=O) groups is 1. The molecule has 5 aromatic rings. The quantitative estimate of drug-likeness (QED) is 0.0817. The number of rotatable bonds is 14. The molecule has 1 aromatic heterocycles. The Balaban J connectivity index is 0.887. The van der Waals surface area contributed by atoms with Gasteiger partial charge in [0.05, 0.1) is 15.4 Å². The Morgan fingerprint density at radius 1 is 0.873 bits per heavy atom. The van der Waals surface area contributed by atoms with Crippen LogP contribution in [-0.2, 0) is 21.3 Å². The van der Waals surface area contributed by atoms with Crippen LogP contribution in [0.4, 0.5) is 17.1 Å². The number of piperidine rings is 2. The Bertz CT molecular complexity index is 2570. The van der Waals surface area contributed by atoms with Crippen molar-refractivity contribution in [1.82, 2.24) is 9.62 Å². The lowest BCUT2D eigenvalue weighted by Crippen LogP contribution is -2.38. The second-order valence-corrected chi connectivity index (χ2v) is 19.9. The molecule has 2 atom stereocenters. The van der Waals surface area contributed by atoms with Gasteiger partial charge in [0.2, 0.25) is 0 Å². The highest BCUT2D eigenvalue weighted by molar-refractivity contribution is 7.90. The number of nitrogens with zero attached hydrogens (tertiary/aromatic N) is 3. The Kier molecular flexibility index (Phi) is 12.9. The van der Waals surface area contributed by atoms with Crippen LogP contribution in [0.25, 0.3) is 16.5 Å².